The zero-order valence-corrected chi connectivity index (χ0v) is 16.7. The number of halogens is 4. The Morgan fingerprint density at radius 1 is 1.21 bits per heavy atom. The van der Waals surface area contributed by atoms with Crippen LogP contribution in [0.25, 0.3) is 0 Å². The molecule has 1 aliphatic rings. The average molecular weight is 428 g/mol. The number of carbonyl (C=O) groups excluding carboxylic acids is 1. The van der Waals surface area contributed by atoms with E-state index in [2.05, 4.69) is 15.3 Å². The third-order valence-electron chi connectivity index (χ3n) is 4.80. The third kappa shape index (κ3) is 5.09. The van der Waals surface area contributed by atoms with Crippen LogP contribution in [0.3, 0.4) is 0 Å². The summed E-state index contributed by atoms with van der Waals surface area (Å²) >= 11 is 5.95. The van der Waals surface area contributed by atoms with Crippen molar-refractivity contribution in [2.24, 2.45) is 5.92 Å². The molecule has 1 fully saturated rings. The number of nitrogens with zero attached hydrogens (tertiary/aromatic N) is 4. The first-order valence-electron chi connectivity index (χ1n) is 9.13. The molecule has 2 heterocycles. The number of nitrogens with one attached hydrogen (secondary N) is 1. The van der Waals surface area contributed by atoms with Crippen LogP contribution >= 0.6 is 11.6 Å². The maximum absolute atomic E-state index is 12.8. The quantitative estimate of drug-likeness (QED) is 0.731. The van der Waals surface area contributed by atoms with Crippen LogP contribution in [0.5, 0.6) is 0 Å². The standard InChI is InChI=1S/C19H21ClF3N5O/c1-12(2)15-11-27(17-24-8-7-16(20)26-17)9-10-28(15)18(29)25-14-5-3-13(4-6-14)19(21,22)23/h3-8,12,15H,9-11H2,1-2H3,(H,25,29). The molecule has 1 aliphatic heterocycles. The second-order valence-corrected chi connectivity index (χ2v) is 7.52. The van der Waals surface area contributed by atoms with Crippen molar-refractivity contribution in [3.05, 3.63) is 47.2 Å². The first-order valence-corrected chi connectivity index (χ1v) is 9.51. The summed E-state index contributed by atoms with van der Waals surface area (Å²) < 4.78 is 38.1. The van der Waals surface area contributed by atoms with Gasteiger partial charge in [0.25, 0.3) is 0 Å². The van der Waals surface area contributed by atoms with Crippen LogP contribution in [0, 0.1) is 5.92 Å². The fourth-order valence-corrected chi connectivity index (χ4v) is 3.36. The molecule has 0 bridgehead atoms. The molecule has 1 unspecified atom stereocenters. The van der Waals surface area contributed by atoms with Gasteiger partial charge in [-0.3, -0.25) is 0 Å². The molecule has 1 aromatic heterocycles. The lowest BCUT2D eigenvalue weighted by Gasteiger charge is -2.43. The number of rotatable bonds is 3. The monoisotopic (exact) mass is 427 g/mol. The first kappa shape index (κ1) is 21.2. The summed E-state index contributed by atoms with van der Waals surface area (Å²) in [4.78, 5) is 24.9. The average Bonchev–Trinajstić information content (AvgIpc) is 2.67. The Bertz CT molecular complexity index is 860. The van der Waals surface area contributed by atoms with E-state index in [1.54, 1.807) is 17.2 Å². The van der Waals surface area contributed by atoms with Gasteiger partial charge < -0.3 is 15.1 Å². The summed E-state index contributed by atoms with van der Waals surface area (Å²) in [5.74, 6) is 0.654. The lowest BCUT2D eigenvalue weighted by molar-refractivity contribution is -0.137. The van der Waals surface area contributed by atoms with Crippen molar-refractivity contribution in [3.8, 4) is 0 Å². The minimum absolute atomic E-state index is 0.124. The third-order valence-corrected chi connectivity index (χ3v) is 5.01. The number of alkyl halides is 3. The summed E-state index contributed by atoms with van der Waals surface area (Å²) in [5, 5.41) is 3.03. The molecule has 6 nitrogen and oxygen atoms in total. The lowest BCUT2D eigenvalue weighted by atomic mass is 10.00. The van der Waals surface area contributed by atoms with Crippen molar-refractivity contribution in [2.75, 3.05) is 29.9 Å². The molecule has 10 heteroatoms. The van der Waals surface area contributed by atoms with Gasteiger partial charge in [-0.2, -0.15) is 13.2 Å². The maximum atomic E-state index is 12.8. The number of anilines is 2. The Kier molecular flexibility index (Phi) is 6.16. The Morgan fingerprint density at radius 2 is 1.90 bits per heavy atom. The first-order chi connectivity index (χ1) is 13.6. The van der Waals surface area contributed by atoms with Crippen molar-refractivity contribution in [3.63, 3.8) is 0 Å². The molecule has 29 heavy (non-hydrogen) atoms. The predicted octanol–water partition coefficient (Wildman–Crippen LogP) is 4.53. The molecule has 2 amide bonds. The van der Waals surface area contributed by atoms with Crippen LogP contribution in [0.15, 0.2) is 36.5 Å². The van der Waals surface area contributed by atoms with Crippen LogP contribution in [-0.4, -0.2) is 46.6 Å². The van der Waals surface area contributed by atoms with Crippen molar-refractivity contribution in [1.29, 1.82) is 0 Å². The summed E-state index contributed by atoms with van der Waals surface area (Å²) in [6.07, 6.45) is -2.83. The van der Waals surface area contributed by atoms with E-state index in [1.165, 1.54) is 12.1 Å². The fourth-order valence-electron chi connectivity index (χ4n) is 3.23. The van der Waals surface area contributed by atoms with Crippen molar-refractivity contribution < 1.29 is 18.0 Å². The Balaban J connectivity index is 1.70. The molecule has 0 saturated carbocycles. The SMILES string of the molecule is CC(C)C1CN(c2nccc(Cl)n2)CCN1C(=O)Nc1ccc(C(F)(F)F)cc1. The minimum atomic E-state index is -4.41. The smallest absolute Gasteiger partial charge is 0.337 e. The fraction of sp³-hybridized carbons (Fsp3) is 0.421. The molecule has 0 spiro atoms. The predicted molar refractivity (Wildman–Crippen MR) is 105 cm³/mol. The number of hydrogen-bond donors (Lipinski definition) is 1. The van der Waals surface area contributed by atoms with E-state index < -0.39 is 11.7 Å². The van der Waals surface area contributed by atoms with E-state index in [0.29, 0.717) is 36.4 Å². The second-order valence-electron chi connectivity index (χ2n) is 7.14. The summed E-state index contributed by atoms with van der Waals surface area (Å²) in [5.41, 5.74) is -0.447. The highest BCUT2D eigenvalue weighted by Crippen LogP contribution is 2.30. The van der Waals surface area contributed by atoms with E-state index in [-0.39, 0.29) is 18.0 Å². The van der Waals surface area contributed by atoms with Gasteiger partial charge in [-0.05, 0) is 36.2 Å². The highest BCUT2D eigenvalue weighted by molar-refractivity contribution is 6.29. The van der Waals surface area contributed by atoms with Gasteiger partial charge in [0.2, 0.25) is 5.95 Å². The van der Waals surface area contributed by atoms with Crippen molar-refractivity contribution in [1.82, 2.24) is 14.9 Å². The van der Waals surface area contributed by atoms with E-state index in [4.69, 9.17) is 11.6 Å². The lowest BCUT2D eigenvalue weighted by Crippen LogP contribution is -2.58. The molecule has 3 rings (SSSR count). The highest BCUT2D eigenvalue weighted by atomic mass is 35.5. The number of aromatic nitrogens is 2. The van der Waals surface area contributed by atoms with E-state index >= 15 is 0 Å². The van der Waals surface area contributed by atoms with Gasteiger partial charge in [-0.15, -0.1) is 0 Å². The van der Waals surface area contributed by atoms with Crippen LogP contribution in [0.1, 0.15) is 19.4 Å². The normalized spacial score (nSPS) is 17.6. The molecule has 2 aromatic rings. The topological polar surface area (TPSA) is 61.4 Å². The van der Waals surface area contributed by atoms with Gasteiger partial charge in [0.1, 0.15) is 5.15 Å². The molecule has 0 radical (unpaired) electrons. The van der Waals surface area contributed by atoms with Crippen LogP contribution in [0.4, 0.5) is 29.6 Å². The molecule has 156 valence electrons. The summed E-state index contributed by atoms with van der Waals surface area (Å²) in [7, 11) is 0. The van der Waals surface area contributed by atoms with Crippen LogP contribution < -0.4 is 10.2 Å². The zero-order valence-electron chi connectivity index (χ0n) is 15.9. The van der Waals surface area contributed by atoms with Gasteiger partial charge in [-0.1, -0.05) is 25.4 Å². The Morgan fingerprint density at radius 3 is 2.48 bits per heavy atom. The molecule has 1 aromatic carbocycles. The van der Waals surface area contributed by atoms with Crippen molar-refractivity contribution >= 4 is 29.3 Å². The largest absolute Gasteiger partial charge is 0.416 e. The minimum Gasteiger partial charge on any atom is -0.337 e. The van der Waals surface area contributed by atoms with Gasteiger partial charge in [0.15, 0.2) is 0 Å². The van der Waals surface area contributed by atoms with Crippen LogP contribution in [-0.2, 0) is 6.18 Å². The number of carbonyl (C=O) groups is 1. The zero-order chi connectivity index (χ0) is 21.2. The van der Waals surface area contributed by atoms with Gasteiger partial charge >= 0.3 is 12.2 Å². The van der Waals surface area contributed by atoms with Gasteiger partial charge in [-0.25, -0.2) is 14.8 Å². The molecular formula is C19H21ClF3N5O. The molecule has 1 N–H and O–H groups in total. The number of piperazine rings is 1. The highest BCUT2D eigenvalue weighted by Gasteiger charge is 2.34. The second kappa shape index (κ2) is 8.44. The van der Waals surface area contributed by atoms with E-state index in [9.17, 15) is 18.0 Å². The van der Waals surface area contributed by atoms with Crippen molar-refractivity contribution in [2.45, 2.75) is 26.1 Å². The number of urea groups is 1. The van der Waals surface area contributed by atoms with Gasteiger partial charge in [0.05, 0.1) is 11.6 Å². The number of hydrogen-bond acceptors (Lipinski definition) is 4. The Hall–Kier alpha value is -2.55. The number of benzene rings is 1. The van der Waals surface area contributed by atoms with Gasteiger partial charge in [0, 0.05) is 31.5 Å². The van der Waals surface area contributed by atoms with Crippen LogP contribution in [0.2, 0.25) is 5.15 Å². The summed E-state index contributed by atoms with van der Waals surface area (Å²) in [6.45, 7) is 5.48. The van der Waals surface area contributed by atoms with E-state index in [1.807, 2.05) is 18.7 Å². The molecule has 1 saturated heterocycles. The summed E-state index contributed by atoms with van der Waals surface area (Å²) in [6, 6.07) is 5.52. The molecular weight excluding hydrogens is 407 g/mol. The van der Waals surface area contributed by atoms with E-state index in [0.717, 1.165) is 12.1 Å². The molecule has 0 aliphatic carbocycles. The number of amides is 2. The molecule has 1 atom stereocenters. The Labute approximate surface area is 171 Å². The maximum Gasteiger partial charge on any atom is 0.416 e.